The lowest BCUT2D eigenvalue weighted by Gasteiger charge is -2.32. The molecule has 0 atom stereocenters. The van der Waals surface area contributed by atoms with Crippen molar-refractivity contribution in [3.63, 3.8) is 0 Å². The molecule has 0 fully saturated rings. The third-order valence-electron chi connectivity index (χ3n) is 9.84. The molecule has 0 saturated heterocycles. The Balaban J connectivity index is 1.34. The van der Waals surface area contributed by atoms with E-state index in [0.717, 1.165) is 51.2 Å². The van der Waals surface area contributed by atoms with Gasteiger partial charge in [-0.15, -0.1) is 0 Å². The number of para-hydroxylation sites is 1. The predicted octanol–water partition coefficient (Wildman–Crippen LogP) is 14.7. The Hall–Kier alpha value is -6.84. The second-order valence-corrected chi connectivity index (χ2v) is 13.7. The van der Waals surface area contributed by atoms with Gasteiger partial charge in [0.25, 0.3) is 0 Å². The number of hydrogen-bond donors (Lipinski definition) is 0. The van der Waals surface area contributed by atoms with Crippen LogP contribution in [0.2, 0.25) is 0 Å². The van der Waals surface area contributed by atoms with Crippen molar-refractivity contribution in [1.82, 2.24) is 0 Å². The molecule has 0 saturated carbocycles. The first-order valence-corrected chi connectivity index (χ1v) is 18.4. The monoisotopic (exact) mass is 698 g/mol. The van der Waals surface area contributed by atoms with Gasteiger partial charge in [0.1, 0.15) is 11.5 Å². The summed E-state index contributed by atoms with van der Waals surface area (Å²) < 4.78 is 6.77. The Labute approximate surface area is 319 Å². The molecule has 0 spiro atoms. The molecule has 0 N–H and O–H groups in total. The van der Waals surface area contributed by atoms with Crippen LogP contribution in [0, 0.1) is 20.8 Å². The molecule has 3 heteroatoms. The second kappa shape index (κ2) is 15.4. The third-order valence-corrected chi connectivity index (χ3v) is 9.84. The van der Waals surface area contributed by atoms with Gasteiger partial charge in [-0.2, -0.15) is 0 Å². The summed E-state index contributed by atoms with van der Waals surface area (Å²) >= 11 is 0. The molecule has 0 aliphatic carbocycles. The van der Waals surface area contributed by atoms with E-state index in [1.807, 2.05) is 30.3 Å². The highest BCUT2D eigenvalue weighted by atomic mass is 16.5. The molecule has 0 unspecified atom stereocenters. The molecule has 0 aliphatic rings. The zero-order valence-electron chi connectivity index (χ0n) is 30.9. The largest absolute Gasteiger partial charge is 0.457 e. The van der Waals surface area contributed by atoms with E-state index in [2.05, 4.69) is 200 Å². The molecule has 8 aromatic rings. The molecule has 0 aliphatic heterocycles. The molecule has 0 aromatic heterocycles. The van der Waals surface area contributed by atoms with Gasteiger partial charge in [-0.05, 0) is 110 Å². The van der Waals surface area contributed by atoms with E-state index in [-0.39, 0.29) is 0 Å². The molecule has 0 amide bonds. The Bertz CT molecular complexity index is 2310. The average molecular weight is 699 g/mol. The Morgan fingerprint density at radius 3 is 1.15 bits per heavy atom. The first kappa shape index (κ1) is 34.3. The maximum Gasteiger partial charge on any atom is 0.134 e. The minimum absolute atomic E-state index is 0.782. The lowest BCUT2D eigenvalue weighted by atomic mass is 10.0. The molecular weight excluding hydrogens is 657 g/mol. The van der Waals surface area contributed by atoms with E-state index in [1.165, 1.54) is 33.4 Å². The summed E-state index contributed by atoms with van der Waals surface area (Å²) in [4.78, 5) is 4.66. The number of nitrogens with zero attached hydrogens (tertiary/aromatic N) is 2. The molecular formula is C51H42N2O. The summed E-state index contributed by atoms with van der Waals surface area (Å²) in [5.41, 5.74) is 14.4. The number of rotatable bonds is 10. The van der Waals surface area contributed by atoms with Gasteiger partial charge in [-0.3, -0.25) is 0 Å². The van der Waals surface area contributed by atoms with E-state index < -0.39 is 0 Å². The highest BCUT2D eigenvalue weighted by molar-refractivity contribution is 5.87. The zero-order chi connectivity index (χ0) is 36.9. The molecule has 8 aromatic carbocycles. The highest BCUT2D eigenvalue weighted by Crippen LogP contribution is 2.46. The SMILES string of the molecule is Cc1ccc(N(c2ccc(C)cc2)c2cc(Oc3ccccc3)c(C)c(N(c3ccc(-c4ccccc4)cc3)c3ccc(-c4ccccc4)cc3)c2)cc1. The maximum atomic E-state index is 6.77. The van der Waals surface area contributed by atoms with Gasteiger partial charge in [-0.1, -0.05) is 139 Å². The van der Waals surface area contributed by atoms with E-state index in [1.54, 1.807) is 0 Å². The Morgan fingerprint density at radius 2 is 0.704 bits per heavy atom. The summed E-state index contributed by atoms with van der Waals surface area (Å²) in [6, 6.07) is 70.7. The van der Waals surface area contributed by atoms with Crippen LogP contribution in [0.4, 0.5) is 34.1 Å². The summed E-state index contributed by atoms with van der Waals surface area (Å²) in [5, 5.41) is 0. The van der Waals surface area contributed by atoms with Gasteiger partial charge < -0.3 is 14.5 Å². The Kier molecular flexibility index (Phi) is 9.78. The van der Waals surface area contributed by atoms with Gasteiger partial charge in [0, 0.05) is 34.4 Å². The van der Waals surface area contributed by atoms with Crippen LogP contribution in [0.5, 0.6) is 11.5 Å². The Morgan fingerprint density at radius 1 is 0.333 bits per heavy atom. The van der Waals surface area contributed by atoms with Gasteiger partial charge in [0.2, 0.25) is 0 Å². The van der Waals surface area contributed by atoms with Crippen LogP contribution in [0.1, 0.15) is 16.7 Å². The van der Waals surface area contributed by atoms with E-state index >= 15 is 0 Å². The number of hydrogen-bond acceptors (Lipinski definition) is 3. The molecule has 0 heterocycles. The van der Waals surface area contributed by atoms with Crippen molar-refractivity contribution in [1.29, 1.82) is 0 Å². The van der Waals surface area contributed by atoms with Crippen molar-refractivity contribution in [3.8, 4) is 33.8 Å². The smallest absolute Gasteiger partial charge is 0.134 e. The normalized spacial score (nSPS) is 10.9. The second-order valence-electron chi connectivity index (χ2n) is 13.7. The summed E-state index contributed by atoms with van der Waals surface area (Å²) in [6.07, 6.45) is 0. The van der Waals surface area contributed by atoms with Crippen LogP contribution >= 0.6 is 0 Å². The van der Waals surface area contributed by atoms with Crippen molar-refractivity contribution in [2.24, 2.45) is 0 Å². The van der Waals surface area contributed by atoms with Crippen LogP contribution in [0.15, 0.2) is 200 Å². The van der Waals surface area contributed by atoms with Crippen LogP contribution in [0.3, 0.4) is 0 Å². The first-order chi connectivity index (χ1) is 26.5. The standard InChI is InChI=1S/C51H42N2O/c1-37-19-27-44(28-20-37)52(45-29-21-38(2)22-30-45)48-35-50(39(3)51(36-48)54-49-17-11-6-12-18-49)53(46-31-23-42(24-32-46)40-13-7-4-8-14-40)47-33-25-43(26-34-47)41-15-9-5-10-16-41/h4-36H,1-3H3. The number of ether oxygens (including phenoxy) is 1. The lowest BCUT2D eigenvalue weighted by molar-refractivity contribution is 0.479. The summed E-state index contributed by atoms with van der Waals surface area (Å²) in [5.74, 6) is 1.57. The van der Waals surface area contributed by atoms with E-state index in [0.29, 0.717) is 0 Å². The predicted molar refractivity (Wildman–Crippen MR) is 227 cm³/mol. The van der Waals surface area contributed by atoms with Gasteiger partial charge in [-0.25, -0.2) is 0 Å². The fourth-order valence-corrected chi connectivity index (χ4v) is 6.87. The van der Waals surface area contributed by atoms with Crippen LogP contribution in [0.25, 0.3) is 22.3 Å². The van der Waals surface area contributed by atoms with Crippen molar-refractivity contribution in [3.05, 3.63) is 217 Å². The van der Waals surface area contributed by atoms with Crippen LogP contribution < -0.4 is 14.5 Å². The molecule has 54 heavy (non-hydrogen) atoms. The van der Waals surface area contributed by atoms with E-state index in [4.69, 9.17) is 4.74 Å². The van der Waals surface area contributed by atoms with Crippen molar-refractivity contribution in [2.45, 2.75) is 20.8 Å². The maximum absolute atomic E-state index is 6.77. The fourth-order valence-electron chi connectivity index (χ4n) is 6.87. The fraction of sp³-hybridized carbons (Fsp3) is 0.0588. The minimum atomic E-state index is 0.782. The van der Waals surface area contributed by atoms with Crippen molar-refractivity contribution >= 4 is 34.1 Å². The number of aryl methyl sites for hydroxylation is 2. The minimum Gasteiger partial charge on any atom is -0.457 e. The third kappa shape index (κ3) is 7.39. The quantitative estimate of drug-likeness (QED) is 0.141. The highest BCUT2D eigenvalue weighted by Gasteiger charge is 2.23. The van der Waals surface area contributed by atoms with Crippen molar-refractivity contribution in [2.75, 3.05) is 9.80 Å². The lowest BCUT2D eigenvalue weighted by Crippen LogP contribution is -2.15. The number of anilines is 6. The number of benzene rings is 8. The molecule has 0 radical (unpaired) electrons. The van der Waals surface area contributed by atoms with E-state index in [9.17, 15) is 0 Å². The van der Waals surface area contributed by atoms with Crippen molar-refractivity contribution < 1.29 is 4.74 Å². The zero-order valence-corrected chi connectivity index (χ0v) is 30.9. The van der Waals surface area contributed by atoms with Crippen LogP contribution in [-0.2, 0) is 0 Å². The van der Waals surface area contributed by atoms with Gasteiger partial charge >= 0.3 is 0 Å². The first-order valence-electron chi connectivity index (χ1n) is 18.4. The summed E-state index contributed by atoms with van der Waals surface area (Å²) in [6.45, 7) is 6.41. The van der Waals surface area contributed by atoms with Crippen LogP contribution in [-0.4, -0.2) is 0 Å². The van der Waals surface area contributed by atoms with Gasteiger partial charge in [0.05, 0.1) is 11.4 Å². The molecule has 3 nitrogen and oxygen atoms in total. The summed E-state index contributed by atoms with van der Waals surface area (Å²) in [7, 11) is 0. The molecule has 0 bridgehead atoms. The topological polar surface area (TPSA) is 15.7 Å². The molecule has 8 rings (SSSR count). The van der Waals surface area contributed by atoms with Gasteiger partial charge in [0.15, 0.2) is 0 Å². The average Bonchev–Trinajstić information content (AvgIpc) is 3.22. The molecule has 262 valence electrons.